The highest BCUT2D eigenvalue weighted by atomic mass is 14.6. The molecule has 0 spiro atoms. The number of hydrogen-bond acceptors (Lipinski definition) is 1. The van der Waals surface area contributed by atoms with E-state index in [-0.39, 0.29) is 5.41 Å². The van der Waals surface area contributed by atoms with Gasteiger partial charge in [-0.2, -0.15) is 0 Å². The molecule has 0 amide bonds. The predicted molar refractivity (Wildman–Crippen MR) is 67.1 cm³/mol. The van der Waals surface area contributed by atoms with E-state index in [0.29, 0.717) is 0 Å². The van der Waals surface area contributed by atoms with E-state index in [1.165, 1.54) is 16.7 Å². The molecule has 2 N–H and O–H groups in total. The molecule has 0 saturated carbocycles. The van der Waals surface area contributed by atoms with E-state index >= 15 is 0 Å². The summed E-state index contributed by atoms with van der Waals surface area (Å²) < 4.78 is 0. The van der Waals surface area contributed by atoms with Gasteiger partial charge in [0, 0.05) is 0 Å². The second-order valence-corrected chi connectivity index (χ2v) is 4.96. The molecule has 0 fully saturated rings. The topological polar surface area (TPSA) is 26.0 Å². The largest absolute Gasteiger partial charge is 0.330 e. The molecule has 1 aromatic carbocycles. The maximum absolute atomic E-state index is 5.83. The second-order valence-electron chi connectivity index (χ2n) is 4.96. The molecule has 0 radical (unpaired) electrons. The first-order valence-corrected chi connectivity index (χ1v) is 5.77. The maximum atomic E-state index is 5.83. The van der Waals surface area contributed by atoms with Crippen LogP contribution in [0.5, 0.6) is 0 Å². The fourth-order valence-electron chi connectivity index (χ4n) is 1.75. The third kappa shape index (κ3) is 3.07. The van der Waals surface area contributed by atoms with Crippen LogP contribution in [0.15, 0.2) is 18.2 Å². The van der Waals surface area contributed by atoms with Gasteiger partial charge in [0.1, 0.15) is 0 Å². The SMILES string of the molecule is CCC(C)(CN)Cc1ccc(C)c(C)c1. The van der Waals surface area contributed by atoms with Crippen molar-refractivity contribution in [2.45, 2.75) is 40.5 Å². The predicted octanol–water partition coefficient (Wildman–Crippen LogP) is 3.22. The van der Waals surface area contributed by atoms with E-state index in [9.17, 15) is 0 Å². The quantitative estimate of drug-likeness (QED) is 0.802. The van der Waals surface area contributed by atoms with Crippen LogP contribution in [0.25, 0.3) is 0 Å². The summed E-state index contributed by atoms with van der Waals surface area (Å²) >= 11 is 0. The van der Waals surface area contributed by atoms with E-state index in [0.717, 1.165) is 19.4 Å². The standard InChI is InChI=1S/C14H23N/c1-5-14(4,10-15)9-13-7-6-11(2)12(3)8-13/h6-8H,5,9-10,15H2,1-4H3. The Morgan fingerprint density at radius 3 is 2.33 bits per heavy atom. The van der Waals surface area contributed by atoms with Gasteiger partial charge in [-0.15, -0.1) is 0 Å². The molecule has 0 aromatic heterocycles. The van der Waals surface area contributed by atoms with Crippen LogP contribution in [-0.2, 0) is 6.42 Å². The summed E-state index contributed by atoms with van der Waals surface area (Å²) in [5, 5.41) is 0. The fraction of sp³-hybridized carbons (Fsp3) is 0.571. The first-order chi connectivity index (χ1) is 7.00. The van der Waals surface area contributed by atoms with Crippen LogP contribution in [0.3, 0.4) is 0 Å². The zero-order valence-corrected chi connectivity index (χ0v) is 10.4. The highest BCUT2D eigenvalue weighted by molar-refractivity contribution is 5.30. The molecule has 1 heteroatoms. The monoisotopic (exact) mass is 205 g/mol. The number of rotatable bonds is 4. The molecule has 1 unspecified atom stereocenters. The zero-order valence-electron chi connectivity index (χ0n) is 10.4. The molecule has 1 nitrogen and oxygen atoms in total. The van der Waals surface area contributed by atoms with Gasteiger partial charge in [0.05, 0.1) is 0 Å². The Hall–Kier alpha value is -0.820. The van der Waals surface area contributed by atoms with Gasteiger partial charge in [0.2, 0.25) is 0 Å². The van der Waals surface area contributed by atoms with Crippen LogP contribution in [-0.4, -0.2) is 6.54 Å². The van der Waals surface area contributed by atoms with Crippen LogP contribution >= 0.6 is 0 Å². The first kappa shape index (κ1) is 12.3. The van der Waals surface area contributed by atoms with Crippen molar-refractivity contribution in [2.24, 2.45) is 11.1 Å². The molecule has 0 heterocycles. The number of benzene rings is 1. The Bertz CT molecular complexity index is 324. The van der Waals surface area contributed by atoms with Crippen LogP contribution in [0.2, 0.25) is 0 Å². The van der Waals surface area contributed by atoms with Gasteiger partial charge in [-0.05, 0) is 55.3 Å². The Kier molecular flexibility index (Phi) is 3.92. The maximum Gasteiger partial charge on any atom is -0.00201 e. The molecule has 1 atom stereocenters. The average molecular weight is 205 g/mol. The van der Waals surface area contributed by atoms with Crippen LogP contribution in [0.4, 0.5) is 0 Å². The lowest BCUT2D eigenvalue weighted by Gasteiger charge is -2.26. The average Bonchev–Trinajstić information content (AvgIpc) is 2.23. The van der Waals surface area contributed by atoms with Crippen molar-refractivity contribution >= 4 is 0 Å². The molecule has 0 aliphatic rings. The number of nitrogens with two attached hydrogens (primary N) is 1. The lowest BCUT2D eigenvalue weighted by molar-refractivity contribution is 0.320. The van der Waals surface area contributed by atoms with Gasteiger partial charge >= 0.3 is 0 Å². The lowest BCUT2D eigenvalue weighted by Crippen LogP contribution is -2.28. The Labute approximate surface area is 93.7 Å². The molecule has 0 saturated heterocycles. The Morgan fingerprint density at radius 2 is 1.87 bits per heavy atom. The van der Waals surface area contributed by atoms with Crippen molar-refractivity contribution in [3.05, 3.63) is 34.9 Å². The number of aryl methyl sites for hydroxylation is 2. The van der Waals surface area contributed by atoms with E-state index in [4.69, 9.17) is 5.73 Å². The summed E-state index contributed by atoms with van der Waals surface area (Å²) in [5.74, 6) is 0. The van der Waals surface area contributed by atoms with Crippen molar-refractivity contribution < 1.29 is 0 Å². The highest BCUT2D eigenvalue weighted by Crippen LogP contribution is 2.25. The van der Waals surface area contributed by atoms with Crippen molar-refractivity contribution in [3.63, 3.8) is 0 Å². The molecule has 0 aliphatic carbocycles. The second kappa shape index (κ2) is 4.80. The van der Waals surface area contributed by atoms with Gasteiger partial charge in [0.25, 0.3) is 0 Å². The minimum absolute atomic E-state index is 0.252. The van der Waals surface area contributed by atoms with E-state index in [1.807, 2.05) is 0 Å². The van der Waals surface area contributed by atoms with Crippen LogP contribution < -0.4 is 5.73 Å². The molecular formula is C14H23N. The lowest BCUT2D eigenvalue weighted by atomic mass is 9.81. The Morgan fingerprint density at radius 1 is 1.20 bits per heavy atom. The molecular weight excluding hydrogens is 182 g/mol. The third-order valence-electron chi connectivity index (χ3n) is 3.55. The van der Waals surface area contributed by atoms with Crippen molar-refractivity contribution in [2.75, 3.05) is 6.54 Å². The summed E-state index contributed by atoms with van der Waals surface area (Å²) in [6.07, 6.45) is 2.22. The fourth-order valence-corrected chi connectivity index (χ4v) is 1.75. The highest BCUT2D eigenvalue weighted by Gasteiger charge is 2.20. The molecule has 1 aromatic rings. The summed E-state index contributed by atoms with van der Waals surface area (Å²) in [7, 11) is 0. The minimum Gasteiger partial charge on any atom is -0.330 e. The number of hydrogen-bond donors (Lipinski definition) is 1. The van der Waals surface area contributed by atoms with Gasteiger partial charge in [-0.3, -0.25) is 0 Å². The summed E-state index contributed by atoms with van der Waals surface area (Å²) in [5.41, 5.74) is 10.2. The summed E-state index contributed by atoms with van der Waals surface area (Å²) in [6.45, 7) is 9.57. The third-order valence-corrected chi connectivity index (χ3v) is 3.55. The summed E-state index contributed by atoms with van der Waals surface area (Å²) in [6, 6.07) is 6.72. The van der Waals surface area contributed by atoms with E-state index in [1.54, 1.807) is 0 Å². The zero-order chi connectivity index (χ0) is 11.5. The van der Waals surface area contributed by atoms with Gasteiger partial charge in [-0.25, -0.2) is 0 Å². The van der Waals surface area contributed by atoms with Crippen LogP contribution in [0, 0.1) is 19.3 Å². The summed E-state index contributed by atoms with van der Waals surface area (Å²) in [4.78, 5) is 0. The Balaban J connectivity index is 2.85. The molecule has 0 aliphatic heterocycles. The molecule has 1 rings (SSSR count). The van der Waals surface area contributed by atoms with Crippen molar-refractivity contribution in [3.8, 4) is 0 Å². The molecule has 0 bridgehead atoms. The van der Waals surface area contributed by atoms with Gasteiger partial charge < -0.3 is 5.73 Å². The van der Waals surface area contributed by atoms with Crippen molar-refractivity contribution in [1.29, 1.82) is 0 Å². The van der Waals surface area contributed by atoms with Gasteiger partial charge in [-0.1, -0.05) is 32.0 Å². The van der Waals surface area contributed by atoms with Crippen LogP contribution in [0.1, 0.15) is 37.0 Å². The van der Waals surface area contributed by atoms with E-state index < -0.39 is 0 Å². The molecule has 84 valence electrons. The van der Waals surface area contributed by atoms with Crippen molar-refractivity contribution in [1.82, 2.24) is 0 Å². The first-order valence-electron chi connectivity index (χ1n) is 5.77. The van der Waals surface area contributed by atoms with Gasteiger partial charge in [0.15, 0.2) is 0 Å². The molecule has 15 heavy (non-hydrogen) atoms. The smallest absolute Gasteiger partial charge is 0.00201 e. The van der Waals surface area contributed by atoms with E-state index in [2.05, 4.69) is 45.9 Å². The minimum atomic E-state index is 0.252. The normalized spacial score (nSPS) is 15.0.